The maximum Gasteiger partial charge on any atom is 0.137 e. The number of ether oxygens (including phenoxy) is 1. The Morgan fingerprint density at radius 2 is 2.11 bits per heavy atom. The summed E-state index contributed by atoms with van der Waals surface area (Å²) in [6.45, 7) is 8.00. The number of hydrogen-bond acceptors (Lipinski definition) is 4. The molecule has 3 nitrogen and oxygen atoms in total. The summed E-state index contributed by atoms with van der Waals surface area (Å²) in [6.07, 6.45) is 4.99. The van der Waals surface area contributed by atoms with Gasteiger partial charge in [-0.05, 0) is 51.3 Å². The van der Waals surface area contributed by atoms with E-state index in [1.54, 1.807) is 6.20 Å². The normalized spacial score (nSPS) is 11.6. The van der Waals surface area contributed by atoms with Crippen LogP contribution in [-0.2, 0) is 6.54 Å². The van der Waals surface area contributed by atoms with Crippen molar-refractivity contribution in [2.24, 2.45) is 0 Å². The molecule has 0 unspecified atom stereocenters. The van der Waals surface area contributed by atoms with Gasteiger partial charge in [0.05, 0.1) is 18.5 Å². The summed E-state index contributed by atoms with van der Waals surface area (Å²) < 4.78 is 5.61. The molecule has 1 heterocycles. The second-order valence-electron chi connectivity index (χ2n) is 5.28. The van der Waals surface area contributed by atoms with Gasteiger partial charge < -0.3 is 10.1 Å². The fraction of sp³-hybridized carbons (Fsp3) is 0.643. The predicted molar refractivity (Wildman–Crippen MR) is 79.3 cm³/mol. The lowest BCUT2D eigenvalue weighted by atomic mass is 10.1. The van der Waals surface area contributed by atoms with E-state index in [0.29, 0.717) is 0 Å². The maximum atomic E-state index is 5.61. The van der Waals surface area contributed by atoms with Crippen molar-refractivity contribution in [3.8, 4) is 5.75 Å². The van der Waals surface area contributed by atoms with Crippen molar-refractivity contribution in [3.05, 3.63) is 24.0 Å². The second-order valence-corrected chi connectivity index (χ2v) is 6.27. The van der Waals surface area contributed by atoms with E-state index in [-0.39, 0.29) is 5.54 Å². The topological polar surface area (TPSA) is 34.1 Å². The first-order valence-electron chi connectivity index (χ1n) is 6.33. The summed E-state index contributed by atoms with van der Waals surface area (Å²) in [5.41, 5.74) is 1.16. The van der Waals surface area contributed by atoms with Crippen LogP contribution >= 0.6 is 11.8 Å². The first kappa shape index (κ1) is 15.3. The molecule has 1 N–H and O–H groups in total. The van der Waals surface area contributed by atoms with E-state index in [0.717, 1.165) is 36.8 Å². The fourth-order valence-electron chi connectivity index (χ4n) is 1.35. The number of nitrogens with zero attached hydrogens (tertiary/aromatic N) is 1. The zero-order chi connectivity index (χ0) is 13.4. The van der Waals surface area contributed by atoms with Crippen molar-refractivity contribution in [2.45, 2.75) is 39.3 Å². The summed E-state index contributed by atoms with van der Waals surface area (Å²) in [6, 6.07) is 4.01. The Bertz CT molecular complexity index is 333. The third kappa shape index (κ3) is 6.87. The molecule has 0 saturated carbocycles. The molecular weight excluding hydrogens is 244 g/mol. The molecule has 1 aromatic heterocycles. The zero-order valence-corrected chi connectivity index (χ0v) is 12.6. The molecule has 0 amide bonds. The van der Waals surface area contributed by atoms with Gasteiger partial charge in [-0.1, -0.05) is 0 Å². The molecule has 0 aromatic carbocycles. The molecule has 1 rings (SSSR count). The Morgan fingerprint density at radius 3 is 2.67 bits per heavy atom. The number of aromatic nitrogens is 1. The van der Waals surface area contributed by atoms with Crippen LogP contribution in [0.3, 0.4) is 0 Å². The third-order valence-corrected chi connectivity index (χ3v) is 3.06. The molecule has 4 heteroatoms. The number of thioether (sulfide) groups is 1. The molecule has 18 heavy (non-hydrogen) atoms. The van der Waals surface area contributed by atoms with Gasteiger partial charge in [0.15, 0.2) is 0 Å². The molecule has 0 spiro atoms. The molecule has 0 radical (unpaired) electrons. The number of pyridine rings is 1. The summed E-state index contributed by atoms with van der Waals surface area (Å²) in [5.74, 6) is 2.00. The number of nitrogens with one attached hydrogen (secondary N) is 1. The highest BCUT2D eigenvalue weighted by Gasteiger charge is 2.08. The number of rotatable bonds is 7. The van der Waals surface area contributed by atoms with Gasteiger partial charge in [0.25, 0.3) is 0 Å². The van der Waals surface area contributed by atoms with Crippen molar-refractivity contribution in [2.75, 3.05) is 18.6 Å². The second kappa shape index (κ2) is 7.64. The van der Waals surface area contributed by atoms with E-state index in [1.165, 1.54) is 0 Å². The van der Waals surface area contributed by atoms with Gasteiger partial charge >= 0.3 is 0 Å². The summed E-state index contributed by atoms with van der Waals surface area (Å²) in [5, 5.41) is 3.41. The van der Waals surface area contributed by atoms with E-state index < -0.39 is 0 Å². The van der Waals surface area contributed by atoms with Gasteiger partial charge in [0.2, 0.25) is 0 Å². The van der Waals surface area contributed by atoms with Crippen molar-refractivity contribution in [3.63, 3.8) is 0 Å². The highest BCUT2D eigenvalue weighted by atomic mass is 32.2. The van der Waals surface area contributed by atoms with E-state index in [4.69, 9.17) is 4.74 Å². The SMILES string of the molecule is CSCCCOc1ccc(CNC(C)(C)C)nc1. The summed E-state index contributed by atoms with van der Waals surface area (Å²) >= 11 is 1.84. The monoisotopic (exact) mass is 268 g/mol. The maximum absolute atomic E-state index is 5.61. The first-order chi connectivity index (χ1) is 8.51. The van der Waals surface area contributed by atoms with Crippen LogP contribution in [0.25, 0.3) is 0 Å². The average molecular weight is 268 g/mol. The van der Waals surface area contributed by atoms with Crippen molar-refractivity contribution in [1.82, 2.24) is 10.3 Å². The van der Waals surface area contributed by atoms with Crippen LogP contribution in [0.5, 0.6) is 5.75 Å². The predicted octanol–water partition coefficient (Wildman–Crippen LogP) is 3.10. The van der Waals surface area contributed by atoms with Gasteiger partial charge in [-0.25, -0.2) is 0 Å². The van der Waals surface area contributed by atoms with Crippen LogP contribution in [0.15, 0.2) is 18.3 Å². The van der Waals surface area contributed by atoms with Gasteiger partial charge in [-0.3, -0.25) is 4.98 Å². The fourth-order valence-corrected chi connectivity index (χ4v) is 1.76. The summed E-state index contributed by atoms with van der Waals surface area (Å²) in [7, 11) is 0. The molecule has 0 fully saturated rings. The minimum Gasteiger partial charge on any atom is -0.492 e. The Hall–Kier alpha value is -0.740. The van der Waals surface area contributed by atoms with Crippen LogP contribution < -0.4 is 10.1 Å². The minimum atomic E-state index is 0.120. The van der Waals surface area contributed by atoms with E-state index in [1.807, 2.05) is 23.9 Å². The molecule has 0 aliphatic heterocycles. The minimum absolute atomic E-state index is 0.120. The lowest BCUT2D eigenvalue weighted by Gasteiger charge is -2.20. The molecule has 0 aliphatic carbocycles. The highest BCUT2D eigenvalue weighted by Crippen LogP contribution is 2.10. The zero-order valence-electron chi connectivity index (χ0n) is 11.8. The Labute approximate surface area is 115 Å². The van der Waals surface area contributed by atoms with Crippen LogP contribution in [-0.4, -0.2) is 29.1 Å². The van der Waals surface area contributed by atoms with Gasteiger partial charge in [-0.15, -0.1) is 0 Å². The molecule has 0 saturated heterocycles. The molecule has 102 valence electrons. The van der Waals surface area contributed by atoms with E-state index in [2.05, 4.69) is 37.3 Å². The van der Waals surface area contributed by atoms with Crippen LogP contribution in [0.2, 0.25) is 0 Å². The van der Waals surface area contributed by atoms with Crippen molar-refractivity contribution in [1.29, 1.82) is 0 Å². The molecule has 0 bridgehead atoms. The van der Waals surface area contributed by atoms with Crippen LogP contribution in [0, 0.1) is 0 Å². The Balaban J connectivity index is 2.33. The van der Waals surface area contributed by atoms with E-state index >= 15 is 0 Å². The lowest BCUT2D eigenvalue weighted by Crippen LogP contribution is -2.35. The molecule has 1 aromatic rings. The Kier molecular flexibility index (Phi) is 6.50. The van der Waals surface area contributed by atoms with Crippen LogP contribution in [0.1, 0.15) is 32.9 Å². The largest absolute Gasteiger partial charge is 0.492 e. The molecule has 0 aliphatic rings. The van der Waals surface area contributed by atoms with Gasteiger partial charge in [0, 0.05) is 12.1 Å². The summed E-state index contributed by atoms with van der Waals surface area (Å²) in [4.78, 5) is 4.39. The highest BCUT2D eigenvalue weighted by molar-refractivity contribution is 7.98. The van der Waals surface area contributed by atoms with Gasteiger partial charge in [-0.2, -0.15) is 11.8 Å². The number of hydrogen-bond donors (Lipinski definition) is 1. The lowest BCUT2D eigenvalue weighted by molar-refractivity contribution is 0.317. The van der Waals surface area contributed by atoms with Crippen molar-refractivity contribution < 1.29 is 4.74 Å². The standard InChI is InChI=1S/C14H24N2OS/c1-14(2,3)16-10-12-6-7-13(11-15-12)17-8-5-9-18-4/h6-7,11,16H,5,8-10H2,1-4H3. The average Bonchev–Trinajstić information content (AvgIpc) is 2.33. The van der Waals surface area contributed by atoms with Crippen LogP contribution in [0.4, 0.5) is 0 Å². The van der Waals surface area contributed by atoms with Crippen molar-refractivity contribution >= 4 is 11.8 Å². The third-order valence-electron chi connectivity index (χ3n) is 2.36. The first-order valence-corrected chi connectivity index (χ1v) is 7.72. The van der Waals surface area contributed by atoms with E-state index in [9.17, 15) is 0 Å². The molecular formula is C14H24N2OS. The molecule has 0 atom stereocenters. The Morgan fingerprint density at radius 1 is 1.33 bits per heavy atom. The quantitative estimate of drug-likeness (QED) is 0.771. The van der Waals surface area contributed by atoms with Gasteiger partial charge in [0.1, 0.15) is 5.75 Å². The smallest absolute Gasteiger partial charge is 0.137 e.